The largest absolute Gasteiger partial charge is 0.387 e. The van der Waals surface area contributed by atoms with Gasteiger partial charge in [-0.05, 0) is 57.1 Å². The van der Waals surface area contributed by atoms with Crippen molar-refractivity contribution in [3.05, 3.63) is 35.4 Å². The molecule has 0 aromatic heterocycles. The van der Waals surface area contributed by atoms with Crippen LogP contribution in [0.2, 0.25) is 0 Å². The van der Waals surface area contributed by atoms with Gasteiger partial charge in [0, 0.05) is 6.54 Å². The van der Waals surface area contributed by atoms with Crippen LogP contribution in [-0.2, 0) is 6.42 Å². The first-order valence-corrected chi connectivity index (χ1v) is 7.61. The second-order valence-electron chi connectivity index (χ2n) is 6.22. The molecule has 0 bridgehead atoms. The molecular weight excluding hydrogens is 248 g/mol. The van der Waals surface area contributed by atoms with Gasteiger partial charge in [-0.2, -0.15) is 0 Å². The normalized spacial score (nSPS) is 13.2. The molecule has 0 aliphatic heterocycles. The molecule has 0 fully saturated rings. The van der Waals surface area contributed by atoms with Crippen LogP contribution in [0.4, 0.5) is 0 Å². The summed E-state index contributed by atoms with van der Waals surface area (Å²) in [4.78, 5) is 2.17. The van der Waals surface area contributed by atoms with Gasteiger partial charge in [0.05, 0.1) is 6.10 Å². The van der Waals surface area contributed by atoms with E-state index in [2.05, 4.69) is 50.3 Å². The second-order valence-corrected chi connectivity index (χ2v) is 6.22. The third-order valence-electron chi connectivity index (χ3n) is 3.31. The van der Waals surface area contributed by atoms with Gasteiger partial charge in [0.15, 0.2) is 0 Å². The third kappa shape index (κ3) is 7.04. The van der Waals surface area contributed by atoms with Crippen LogP contribution >= 0.6 is 0 Å². The Morgan fingerprint density at radius 3 is 2.35 bits per heavy atom. The van der Waals surface area contributed by atoms with Crippen molar-refractivity contribution in [1.29, 1.82) is 0 Å². The fourth-order valence-electron chi connectivity index (χ4n) is 2.22. The predicted octanol–water partition coefficient (Wildman–Crippen LogP) is 2.46. The standard InChI is InChI=1S/C17H30N2O/c1-14(2)12-15-6-8-16(9-7-15)17(20)13-18-10-5-11-19(3)4/h6-9,14,17-18,20H,5,10-13H2,1-4H3. The Morgan fingerprint density at radius 1 is 1.15 bits per heavy atom. The van der Waals surface area contributed by atoms with E-state index < -0.39 is 6.10 Å². The lowest BCUT2D eigenvalue weighted by molar-refractivity contribution is 0.174. The van der Waals surface area contributed by atoms with Crippen LogP contribution in [0.1, 0.15) is 37.5 Å². The molecule has 0 heterocycles. The van der Waals surface area contributed by atoms with E-state index in [1.807, 2.05) is 12.1 Å². The van der Waals surface area contributed by atoms with Crippen LogP contribution in [0.5, 0.6) is 0 Å². The Morgan fingerprint density at radius 2 is 1.80 bits per heavy atom. The van der Waals surface area contributed by atoms with Crippen molar-refractivity contribution in [2.24, 2.45) is 5.92 Å². The van der Waals surface area contributed by atoms with Gasteiger partial charge in [0.2, 0.25) is 0 Å². The number of nitrogens with one attached hydrogen (secondary N) is 1. The van der Waals surface area contributed by atoms with Crippen molar-refractivity contribution in [3.8, 4) is 0 Å². The van der Waals surface area contributed by atoms with Crippen LogP contribution in [0.25, 0.3) is 0 Å². The van der Waals surface area contributed by atoms with Gasteiger partial charge in [0.25, 0.3) is 0 Å². The van der Waals surface area contributed by atoms with Crippen molar-refractivity contribution >= 4 is 0 Å². The summed E-state index contributed by atoms with van der Waals surface area (Å²) in [6, 6.07) is 8.35. The summed E-state index contributed by atoms with van der Waals surface area (Å²) in [7, 11) is 4.15. The molecule has 2 N–H and O–H groups in total. The van der Waals surface area contributed by atoms with Crippen molar-refractivity contribution < 1.29 is 5.11 Å². The number of hydrogen-bond acceptors (Lipinski definition) is 3. The highest BCUT2D eigenvalue weighted by atomic mass is 16.3. The van der Waals surface area contributed by atoms with Crippen molar-refractivity contribution in [2.75, 3.05) is 33.7 Å². The van der Waals surface area contributed by atoms with Crippen LogP contribution in [0, 0.1) is 5.92 Å². The zero-order valence-electron chi connectivity index (χ0n) is 13.4. The maximum Gasteiger partial charge on any atom is 0.0914 e. The highest BCUT2D eigenvalue weighted by molar-refractivity contribution is 5.24. The Balaban J connectivity index is 2.30. The first kappa shape index (κ1) is 17.2. The van der Waals surface area contributed by atoms with Crippen molar-refractivity contribution in [2.45, 2.75) is 32.8 Å². The average Bonchev–Trinajstić information content (AvgIpc) is 2.38. The van der Waals surface area contributed by atoms with Crippen molar-refractivity contribution in [1.82, 2.24) is 10.2 Å². The van der Waals surface area contributed by atoms with E-state index in [0.717, 1.165) is 31.5 Å². The highest BCUT2D eigenvalue weighted by Gasteiger charge is 2.07. The molecule has 0 spiro atoms. The molecule has 0 aliphatic carbocycles. The molecule has 20 heavy (non-hydrogen) atoms. The Bertz CT molecular complexity index is 360. The van der Waals surface area contributed by atoms with Gasteiger partial charge in [-0.25, -0.2) is 0 Å². The Hall–Kier alpha value is -0.900. The molecule has 0 radical (unpaired) electrons. The molecule has 0 amide bonds. The Labute approximate surface area is 124 Å². The summed E-state index contributed by atoms with van der Waals surface area (Å²) >= 11 is 0. The number of aliphatic hydroxyl groups is 1. The second kappa shape index (κ2) is 9.11. The first-order chi connectivity index (χ1) is 9.49. The van der Waals surface area contributed by atoms with Gasteiger partial charge in [-0.3, -0.25) is 0 Å². The number of rotatable bonds is 9. The maximum absolute atomic E-state index is 10.1. The molecule has 1 unspecified atom stereocenters. The van der Waals surface area contributed by atoms with E-state index in [1.54, 1.807) is 0 Å². The molecule has 1 atom stereocenters. The fourth-order valence-corrected chi connectivity index (χ4v) is 2.22. The average molecular weight is 278 g/mol. The number of benzene rings is 1. The van der Waals surface area contributed by atoms with Gasteiger partial charge >= 0.3 is 0 Å². The summed E-state index contributed by atoms with van der Waals surface area (Å²) in [6.07, 6.45) is 1.79. The van der Waals surface area contributed by atoms with Crippen molar-refractivity contribution in [3.63, 3.8) is 0 Å². The summed E-state index contributed by atoms with van der Waals surface area (Å²) in [5.74, 6) is 0.670. The van der Waals surface area contributed by atoms with Gasteiger partial charge < -0.3 is 15.3 Å². The molecular formula is C17H30N2O. The minimum absolute atomic E-state index is 0.414. The lowest BCUT2D eigenvalue weighted by Crippen LogP contribution is -2.25. The molecule has 3 heteroatoms. The molecule has 1 aromatic carbocycles. The van der Waals surface area contributed by atoms with Gasteiger partial charge in [0.1, 0.15) is 0 Å². The van der Waals surface area contributed by atoms with Crippen LogP contribution in [-0.4, -0.2) is 43.7 Å². The van der Waals surface area contributed by atoms with E-state index >= 15 is 0 Å². The summed E-state index contributed by atoms with van der Waals surface area (Å²) in [5, 5.41) is 13.4. The smallest absolute Gasteiger partial charge is 0.0914 e. The zero-order valence-corrected chi connectivity index (χ0v) is 13.4. The fraction of sp³-hybridized carbons (Fsp3) is 0.647. The molecule has 114 valence electrons. The minimum Gasteiger partial charge on any atom is -0.387 e. The van der Waals surface area contributed by atoms with Crippen LogP contribution < -0.4 is 5.32 Å². The summed E-state index contributed by atoms with van der Waals surface area (Å²) in [6.45, 7) is 7.09. The lowest BCUT2D eigenvalue weighted by Gasteiger charge is -2.14. The summed E-state index contributed by atoms with van der Waals surface area (Å²) in [5.41, 5.74) is 2.34. The lowest BCUT2D eigenvalue weighted by atomic mass is 10.0. The zero-order chi connectivity index (χ0) is 15.0. The number of hydrogen-bond donors (Lipinski definition) is 2. The first-order valence-electron chi connectivity index (χ1n) is 7.61. The van der Waals surface area contributed by atoms with Gasteiger partial charge in [-0.1, -0.05) is 38.1 Å². The van der Waals surface area contributed by atoms with E-state index in [4.69, 9.17) is 0 Å². The number of aliphatic hydroxyl groups excluding tert-OH is 1. The topological polar surface area (TPSA) is 35.5 Å². The number of nitrogens with zero attached hydrogens (tertiary/aromatic N) is 1. The third-order valence-corrected chi connectivity index (χ3v) is 3.31. The van der Waals surface area contributed by atoms with Gasteiger partial charge in [-0.15, -0.1) is 0 Å². The molecule has 0 aliphatic rings. The van der Waals surface area contributed by atoms with E-state index in [9.17, 15) is 5.11 Å². The van der Waals surface area contributed by atoms with E-state index in [-0.39, 0.29) is 0 Å². The molecule has 3 nitrogen and oxygen atoms in total. The molecule has 0 saturated heterocycles. The highest BCUT2D eigenvalue weighted by Crippen LogP contribution is 2.15. The van der Waals surface area contributed by atoms with E-state index in [1.165, 1.54) is 5.56 Å². The predicted molar refractivity (Wildman–Crippen MR) is 86.0 cm³/mol. The van der Waals surface area contributed by atoms with Crippen LogP contribution in [0.15, 0.2) is 24.3 Å². The maximum atomic E-state index is 10.1. The monoisotopic (exact) mass is 278 g/mol. The molecule has 0 saturated carbocycles. The Kier molecular flexibility index (Phi) is 7.82. The minimum atomic E-state index is -0.414. The SMILES string of the molecule is CC(C)Cc1ccc(C(O)CNCCCN(C)C)cc1. The quantitative estimate of drug-likeness (QED) is 0.681. The molecule has 1 rings (SSSR count). The van der Waals surface area contributed by atoms with Crippen LogP contribution in [0.3, 0.4) is 0 Å². The molecule has 1 aromatic rings. The van der Waals surface area contributed by atoms with E-state index in [0.29, 0.717) is 12.5 Å². The summed E-state index contributed by atoms with van der Waals surface area (Å²) < 4.78 is 0.